The highest BCUT2D eigenvalue weighted by molar-refractivity contribution is 5.98. The first-order valence-corrected chi connectivity index (χ1v) is 15.7. The van der Waals surface area contributed by atoms with Crippen molar-refractivity contribution in [1.29, 1.82) is 0 Å². The van der Waals surface area contributed by atoms with E-state index in [9.17, 15) is 19.2 Å². The fourth-order valence-electron chi connectivity index (χ4n) is 4.77. The summed E-state index contributed by atoms with van der Waals surface area (Å²) in [5.41, 5.74) is 18.8. The van der Waals surface area contributed by atoms with Gasteiger partial charge in [-0.3, -0.25) is 19.4 Å². The summed E-state index contributed by atoms with van der Waals surface area (Å²) in [6.45, 7) is 1.10. The van der Waals surface area contributed by atoms with Gasteiger partial charge in [0.15, 0.2) is 5.96 Å². The number of carbonyl (C=O) groups is 4. The minimum absolute atomic E-state index is 0.0869. The van der Waals surface area contributed by atoms with Crippen LogP contribution in [0.4, 0.5) is 0 Å². The van der Waals surface area contributed by atoms with Crippen molar-refractivity contribution in [3.8, 4) is 5.75 Å². The number of ether oxygens (including phenoxy) is 1. The summed E-state index contributed by atoms with van der Waals surface area (Å²) in [7, 11) is 0. The molecule has 0 aromatic heterocycles. The quantitative estimate of drug-likeness (QED) is 0.0464. The third-order valence-electron chi connectivity index (χ3n) is 7.30. The van der Waals surface area contributed by atoms with Crippen LogP contribution in [0.2, 0.25) is 0 Å². The highest BCUT2D eigenvalue weighted by Gasteiger charge is 2.28. The van der Waals surface area contributed by atoms with E-state index in [0.717, 1.165) is 11.1 Å². The van der Waals surface area contributed by atoms with Crippen molar-refractivity contribution < 1.29 is 23.9 Å². The molecule has 3 amide bonds. The van der Waals surface area contributed by atoms with Crippen LogP contribution in [0.1, 0.15) is 53.6 Å². The van der Waals surface area contributed by atoms with Crippen molar-refractivity contribution in [1.82, 2.24) is 16.0 Å². The van der Waals surface area contributed by atoms with Crippen molar-refractivity contribution in [2.45, 2.75) is 63.3 Å². The summed E-state index contributed by atoms with van der Waals surface area (Å²) in [5, 5.41) is 8.31. The SMILES string of the molecule is NCCCC[C@H](NC(=O)c1ccccc1)C(=O)N[C@@H](CCCN=C(N)N)C(=O)N[C@H](C=O)Cc1ccc(OCc2ccccc2)cc1. The minimum Gasteiger partial charge on any atom is -0.489 e. The van der Waals surface area contributed by atoms with Gasteiger partial charge in [-0.25, -0.2) is 0 Å². The molecular formula is C35H45N7O5. The molecule has 250 valence electrons. The van der Waals surface area contributed by atoms with E-state index in [1.54, 1.807) is 30.3 Å². The normalized spacial score (nSPS) is 12.5. The molecule has 12 nitrogen and oxygen atoms in total. The van der Waals surface area contributed by atoms with Crippen molar-refractivity contribution in [3.05, 3.63) is 102 Å². The lowest BCUT2D eigenvalue weighted by Crippen LogP contribution is -2.55. The lowest BCUT2D eigenvalue weighted by molar-refractivity contribution is -0.131. The largest absolute Gasteiger partial charge is 0.489 e. The van der Waals surface area contributed by atoms with E-state index in [1.165, 1.54) is 0 Å². The van der Waals surface area contributed by atoms with E-state index in [4.69, 9.17) is 21.9 Å². The summed E-state index contributed by atoms with van der Waals surface area (Å²) in [4.78, 5) is 55.8. The third kappa shape index (κ3) is 13.3. The maximum Gasteiger partial charge on any atom is 0.251 e. The number of amides is 3. The monoisotopic (exact) mass is 643 g/mol. The highest BCUT2D eigenvalue weighted by atomic mass is 16.5. The van der Waals surface area contributed by atoms with Crippen LogP contribution in [-0.4, -0.2) is 61.2 Å². The number of carbonyl (C=O) groups excluding carboxylic acids is 4. The summed E-state index contributed by atoms with van der Waals surface area (Å²) in [6.07, 6.45) is 3.04. The zero-order chi connectivity index (χ0) is 33.9. The number of unbranched alkanes of at least 4 members (excludes halogenated alkanes) is 1. The Morgan fingerprint density at radius 3 is 2.00 bits per heavy atom. The molecule has 0 radical (unpaired) electrons. The van der Waals surface area contributed by atoms with E-state index in [-0.39, 0.29) is 25.3 Å². The van der Waals surface area contributed by atoms with Gasteiger partial charge in [0, 0.05) is 12.1 Å². The van der Waals surface area contributed by atoms with Crippen LogP contribution < -0.4 is 37.9 Å². The van der Waals surface area contributed by atoms with Gasteiger partial charge >= 0.3 is 0 Å². The second-order valence-electron chi connectivity index (χ2n) is 11.1. The maximum atomic E-state index is 13.5. The molecule has 0 spiro atoms. The number of guanidine groups is 1. The first kappa shape index (κ1) is 36.2. The molecule has 0 bridgehead atoms. The molecule has 3 aromatic rings. The smallest absolute Gasteiger partial charge is 0.251 e. The van der Waals surface area contributed by atoms with E-state index in [2.05, 4.69) is 20.9 Å². The number of rotatable bonds is 20. The second-order valence-corrected chi connectivity index (χ2v) is 11.1. The van der Waals surface area contributed by atoms with E-state index in [0.29, 0.717) is 56.4 Å². The average molecular weight is 644 g/mol. The molecule has 0 heterocycles. The molecular weight excluding hydrogens is 598 g/mol. The number of nitrogens with one attached hydrogen (secondary N) is 3. The summed E-state index contributed by atoms with van der Waals surface area (Å²) < 4.78 is 5.84. The molecule has 3 rings (SSSR count). The predicted octanol–water partition coefficient (Wildman–Crippen LogP) is 1.96. The third-order valence-corrected chi connectivity index (χ3v) is 7.30. The Balaban J connectivity index is 1.66. The Hall–Kier alpha value is -5.23. The van der Waals surface area contributed by atoms with Gasteiger partial charge in [-0.1, -0.05) is 60.7 Å². The molecule has 0 saturated carbocycles. The van der Waals surface area contributed by atoms with Gasteiger partial charge < -0.3 is 42.7 Å². The number of aliphatic imine (C=N–C) groups is 1. The maximum absolute atomic E-state index is 13.5. The Morgan fingerprint density at radius 2 is 1.36 bits per heavy atom. The van der Waals surface area contributed by atoms with Crippen LogP contribution >= 0.6 is 0 Å². The Bertz CT molecular complexity index is 1430. The molecule has 0 saturated heterocycles. The molecule has 0 aliphatic rings. The Labute approximate surface area is 275 Å². The zero-order valence-corrected chi connectivity index (χ0v) is 26.5. The van der Waals surface area contributed by atoms with Crippen LogP contribution in [0.5, 0.6) is 5.75 Å². The van der Waals surface area contributed by atoms with Crippen LogP contribution in [0.25, 0.3) is 0 Å². The standard InChI is InChI=1S/C35H45N7O5/c36-20-8-7-14-30(41-32(44)27-12-5-2-6-13-27)34(46)42-31(15-9-21-39-35(37)38)33(45)40-28(23-43)22-25-16-18-29(19-17-25)47-24-26-10-3-1-4-11-26/h1-6,10-13,16-19,23,28,30-31H,7-9,14-15,20-22,24,36H2,(H,40,45)(H,41,44)(H,42,46)(H4,37,38,39)/t28-,30-,31-/m0/s1. The summed E-state index contributed by atoms with van der Waals surface area (Å²) in [6, 6.07) is 22.8. The van der Waals surface area contributed by atoms with Crippen molar-refractivity contribution in [2.75, 3.05) is 13.1 Å². The predicted molar refractivity (Wildman–Crippen MR) is 181 cm³/mol. The van der Waals surface area contributed by atoms with Gasteiger partial charge in [0.05, 0.1) is 6.04 Å². The van der Waals surface area contributed by atoms with Crippen molar-refractivity contribution in [2.24, 2.45) is 22.2 Å². The fraction of sp³-hybridized carbons (Fsp3) is 0.343. The number of aldehydes is 1. The molecule has 3 atom stereocenters. The first-order valence-electron chi connectivity index (χ1n) is 15.7. The lowest BCUT2D eigenvalue weighted by atomic mass is 10.0. The van der Waals surface area contributed by atoms with Crippen molar-refractivity contribution in [3.63, 3.8) is 0 Å². The minimum atomic E-state index is -1.02. The average Bonchev–Trinajstić information content (AvgIpc) is 3.09. The van der Waals surface area contributed by atoms with Crippen LogP contribution in [0.3, 0.4) is 0 Å². The van der Waals surface area contributed by atoms with E-state index < -0.39 is 35.8 Å². The van der Waals surface area contributed by atoms with E-state index >= 15 is 0 Å². The Morgan fingerprint density at radius 1 is 0.745 bits per heavy atom. The molecule has 0 aliphatic heterocycles. The number of hydrogen-bond donors (Lipinski definition) is 6. The van der Waals surface area contributed by atoms with Gasteiger partial charge in [0.1, 0.15) is 30.7 Å². The van der Waals surface area contributed by atoms with Gasteiger partial charge in [0.2, 0.25) is 11.8 Å². The molecule has 0 fully saturated rings. The second kappa shape index (κ2) is 20.0. The van der Waals surface area contributed by atoms with Crippen LogP contribution in [0, 0.1) is 0 Å². The Kier molecular flexibility index (Phi) is 15.4. The molecule has 3 aromatic carbocycles. The number of nitrogens with zero attached hydrogens (tertiary/aromatic N) is 1. The molecule has 0 unspecified atom stereocenters. The lowest BCUT2D eigenvalue weighted by Gasteiger charge is -2.24. The summed E-state index contributed by atoms with van der Waals surface area (Å²) >= 11 is 0. The zero-order valence-electron chi connectivity index (χ0n) is 26.5. The molecule has 12 heteroatoms. The van der Waals surface area contributed by atoms with Crippen LogP contribution in [0.15, 0.2) is 89.9 Å². The topological polar surface area (TPSA) is 204 Å². The van der Waals surface area contributed by atoms with Gasteiger partial charge in [-0.05, 0) is 80.5 Å². The van der Waals surface area contributed by atoms with Crippen LogP contribution in [-0.2, 0) is 27.4 Å². The molecule has 9 N–H and O–H groups in total. The fourth-order valence-corrected chi connectivity index (χ4v) is 4.77. The number of benzene rings is 3. The molecule has 0 aliphatic carbocycles. The van der Waals surface area contributed by atoms with Gasteiger partial charge in [-0.15, -0.1) is 0 Å². The van der Waals surface area contributed by atoms with Gasteiger partial charge in [0.25, 0.3) is 5.91 Å². The highest BCUT2D eigenvalue weighted by Crippen LogP contribution is 2.15. The van der Waals surface area contributed by atoms with Gasteiger partial charge in [-0.2, -0.15) is 0 Å². The van der Waals surface area contributed by atoms with Crippen molar-refractivity contribution >= 4 is 30.0 Å². The molecule has 47 heavy (non-hydrogen) atoms. The van der Waals surface area contributed by atoms with E-state index in [1.807, 2.05) is 54.6 Å². The number of hydrogen-bond acceptors (Lipinski definition) is 7. The first-order chi connectivity index (χ1) is 22.8. The summed E-state index contributed by atoms with van der Waals surface area (Å²) in [5.74, 6) is -0.894. The number of nitrogens with two attached hydrogens (primary N) is 3.